The van der Waals surface area contributed by atoms with Crippen molar-refractivity contribution in [2.75, 3.05) is 13.7 Å². The van der Waals surface area contributed by atoms with Crippen LogP contribution in [0.2, 0.25) is 0 Å². The van der Waals surface area contributed by atoms with Crippen molar-refractivity contribution in [1.29, 1.82) is 5.41 Å². The average molecular weight is 274 g/mol. The molecule has 104 valence electrons. The Hall–Kier alpha value is -1.67. The van der Waals surface area contributed by atoms with Crippen LogP contribution in [0.25, 0.3) is 0 Å². The minimum Gasteiger partial charge on any atom is -0.462 e. The van der Waals surface area contributed by atoms with E-state index in [9.17, 15) is 26.7 Å². The van der Waals surface area contributed by atoms with Gasteiger partial charge in [0.15, 0.2) is 0 Å². The number of hydrogen-bond donors (Lipinski definition) is 2. The van der Waals surface area contributed by atoms with Gasteiger partial charge in [-0.1, -0.05) is 0 Å². The monoisotopic (exact) mass is 274 g/mol. The van der Waals surface area contributed by atoms with Crippen LogP contribution in [0.15, 0.2) is 11.3 Å². The van der Waals surface area contributed by atoms with E-state index in [2.05, 4.69) is 4.74 Å². The van der Waals surface area contributed by atoms with Gasteiger partial charge in [-0.3, -0.25) is 5.41 Å². The third-order valence-electron chi connectivity index (χ3n) is 1.75. The summed E-state index contributed by atoms with van der Waals surface area (Å²) in [7, 11) is 0.806. The lowest BCUT2D eigenvalue weighted by Gasteiger charge is -2.16. The highest BCUT2D eigenvalue weighted by molar-refractivity contribution is 6.20. The highest BCUT2D eigenvalue weighted by Crippen LogP contribution is 2.27. The molecule has 0 aliphatic carbocycles. The molecule has 4 nitrogen and oxygen atoms in total. The van der Waals surface area contributed by atoms with Gasteiger partial charge >= 0.3 is 12.1 Å². The first-order valence-electron chi connectivity index (χ1n) is 4.70. The largest absolute Gasteiger partial charge is 0.462 e. The Morgan fingerprint density at radius 2 is 1.89 bits per heavy atom. The van der Waals surface area contributed by atoms with E-state index in [1.54, 1.807) is 5.32 Å². The summed E-state index contributed by atoms with van der Waals surface area (Å²) < 4.78 is 66.4. The van der Waals surface area contributed by atoms with E-state index in [1.807, 2.05) is 0 Å². The van der Waals surface area contributed by atoms with Crippen molar-refractivity contribution in [3.8, 4) is 0 Å². The molecule has 0 atom stereocenters. The van der Waals surface area contributed by atoms with Crippen LogP contribution in [0.1, 0.15) is 6.92 Å². The maximum atomic E-state index is 12.5. The lowest BCUT2D eigenvalue weighted by atomic mass is 10.1. The van der Waals surface area contributed by atoms with E-state index in [0.29, 0.717) is 0 Å². The maximum Gasteiger partial charge on any atom is 0.431 e. The van der Waals surface area contributed by atoms with Crippen LogP contribution in [-0.2, 0) is 9.53 Å². The molecule has 0 spiro atoms. The molecule has 0 bridgehead atoms. The SMILES string of the molecule is CCOC(=O)/C(C(=N)C(F)F)=C(/NC)C(F)(F)F. The fraction of sp³-hybridized carbons (Fsp3) is 0.556. The molecule has 9 heteroatoms. The minimum absolute atomic E-state index is 0.298. The summed E-state index contributed by atoms with van der Waals surface area (Å²) in [5, 5.41) is 8.47. The van der Waals surface area contributed by atoms with Crippen LogP contribution in [0.5, 0.6) is 0 Å². The van der Waals surface area contributed by atoms with E-state index in [-0.39, 0.29) is 6.61 Å². The molecule has 0 radical (unpaired) electrons. The average Bonchev–Trinajstić information content (AvgIpc) is 2.22. The Morgan fingerprint density at radius 3 is 2.17 bits per heavy atom. The predicted octanol–water partition coefficient (Wildman–Crippen LogP) is 1.87. The van der Waals surface area contributed by atoms with Gasteiger partial charge in [-0.25, -0.2) is 13.6 Å². The van der Waals surface area contributed by atoms with E-state index in [1.165, 1.54) is 6.92 Å². The summed E-state index contributed by atoms with van der Waals surface area (Å²) >= 11 is 0. The van der Waals surface area contributed by atoms with Crippen LogP contribution in [0.3, 0.4) is 0 Å². The molecule has 0 amide bonds. The summed E-state index contributed by atoms with van der Waals surface area (Å²) in [6.45, 7) is 1.00. The number of nitrogens with one attached hydrogen (secondary N) is 2. The fourth-order valence-corrected chi connectivity index (χ4v) is 1.07. The summed E-state index contributed by atoms with van der Waals surface area (Å²) in [4.78, 5) is 11.2. The standard InChI is InChI=1S/C9H11F5N2O2/c1-3-18-8(17)4(5(15)7(10)11)6(16-2)9(12,13)14/h7,15-16H,3H2,1-2H3/b6-4+,15-5?. The molecule has 0 aliphatic rings. The number of carbonyl (C=O) groups excluding carboxylic acids is 1. The summed E-state index contributed by atoms with van der Waals surface area (Å²) in [5.74, 6) is -1.62. The molecule has 0 unspecified atom stereocenters. The number of carbonyl (C=O) groups is 1. The van der Waals surface area contributed by atoms with Gasteiger partial charge in [-0.2, -0.15) is 13.2 Å². The number of esters is 1. The van der Waals surface area contributed by atoms with Gasteiger partial charge in [0.05, 0.1) is 6.61 Å². The molecule has 0 aliphatic heterocycles. The zero-order valence-corrected chi connectivity index (χ0v) is 9.49. The molecule has 2 N–H and O–H groups in total. The second-order valence-electron chi connectivity index (χ2n) is 2.93. The van der Waals surface area contributed by atoms with E-state index in [0.717, 1.165) is 7.05 Å². The predicted molar refractivity (Wildman–Crippen MR) is 52.5 cm³/mol. The first kappa shape index (κ1) is 16.3. The Labute approximate surface area is 99.3 Å². The topological polar surface area (TPSA) is 62.2 Å². The zero-order valence-electron chi connectivity index (χ0n) is 9.49. The van der Waals surface area contributed by atoms with E-state index >= 15 is 0 Å². The van der Waals surface area contributed by atoms with E-state index < -0.39 is 35.6 Å². The van der Waals surface area contributed by atoms with Gasteiger partial charge in [0, 0.05) is 7.05 Å². The first-order chi connectivity index (χ1) is 8.16. The van der Waals surface area contributed by atoms with Crippen LogP contribution < -0.4 is 5.32 Å². The van der Waals surface area contributed by atoms with Gasteiger partial charge in [-0.05, 0) is 6.92 Å². The number of rotatable bonds is 5. The van der Waals surface area contributed by atoms with Crippen LogP contribution in [0, 0.1) is 5.41 Å². The molecule has 0 saturated heterocycles. The highest BCUT2D eigenvalue weighted by atomic mass is 19.4. The normalized spacial score (nSPS) is 13.1. The quantitative estimate of drug-likeness (QED) is 0.348. The Bertz CT molecular complexity index is 362. The second kappa shape index (κ2) is 6.31. The van der Waals surface area contributed by atoms with Crippen molar-refractivity contribution in [1.82, 2.24) is 5.32 Å². The van der Waals surface area contributed by atoms with Crippen molar-refractivity contribution in [2.45, 2.75) is 19.5 Å². The Kier molecular flexibility index (Phi) is 5.73. The van der Waals surface area contributed by atoms with Crippen LogP contribution >= 0.6 is 0 Å². The number of allylic oxidation sites excluding steroid dienone is 1. The molecule has 0 aromatic rings. The fourth-order valence-electron chi connectivity index (χ4n) is 1.07. The molecule has 0 aromatic heterocycles. The summed E-state index contributed by atoms with van der Waals surface area (Å²) in [6.07, 6.45) is -8.59. The molecule has 0 fully saturated rings. The van der Waals surface area contributed by atoms with Gasteiger partial charge in [0.25, 0.3) is 6.43 Å². The first-order valence-corrected chi connectivity index (χ1v) is 4.70. The molecule has 0 saturated carbocycles. The van der Waals surface area contributed by atoms with Gasteiger partial charge in [-0.15, -0.1) is 0 Å². The number of ether oxygens (including phenoxy) is 1. The molecule has 0 heterocycles. The van der Waals surface area contributed by atoms with Crippen molar-refractivity contribution in [3.05, 3.63) is 11.3 Å². The van der Waals surface area contributed by atoms with Crippen LogP contribution in [0.4, 0.5) is 22.0 Å². The highest BCUT2D eigenvalue weighted by Gasteiger charge is 2.41. The van der Waals surface area contributed by atoms with Crippen molar-refractivity contribution < 1.29 is 31.5 Å². The van der Waals surface area contributed by atoms with Gasteiger partial charge in [0.2, 0.25) is 0 Å². The van der Waals surface area contributed by atoms with Crippen molar-refractivity contribution >= 4 is 11.7 Å². The van der Waals surface area contributed by atoms with Gasteiger partial charge in [0.1, 0.15) is 17.0 Å². The third kappa shape index (κ3) is 3.97. The molecular weight excluding hydrogens is 263 g/mol. The van der Waals surface area contributed by atoms with Crippen molar-refractivity contribution in [3.63, 3.8) is 0 Å². The Morgan fingerprint density at radius 1 is 1.39 bits per heavy atom. The smallest absolute Gasteiger partial charge is 0.431 e. The summed E-state index contributed by atoms with van der Waals surface area (Å²) in [6, 6.07) is 0. The van der Waals surface area contributed by atoms with Gasteiger partial charge < -0.3 is 10.1 Å². The molecule has 0 rings (SSSR count). The molecule has 0 aromatic carbocycles. The number of alkyl halides is 5. The van der Waals surface area contributed by atoms with Crippen LogP contribution in [-0.4, -0.2) is 37.9 Å². The zero-order chi connectivity index (χ0) is 14.5. The van der Waals surface area contributed by atoms with E-state index in [4.69, 9.17) is 5.41 Å². The summed E-state index contributed by atoms with van der Waals surface area (Å²) in [5.41, 5.74) is -4.98. The molecule has 18 heavy (non-hydrogen) atoms. The molecular formula is C9H11F5N2O2. The third-order valence-corrected chi connectivity index (χ3v) is 1.75. The maximum absolute atomic E-state index is 12.5. The number of halogens is 5. The lowest BCUT2D eigenvalue weighted by Crippen LogP contribution is -2.33. The minimum atomic E-state index is -5.07. The van der Waals surface area contributed by atoms with Crippen molar-refractivity contribution in [2.24, 2.45) is 0 Å². The second-order valence-corrected chi connectivity index (χ2v) is 2.93. The lowest BCUT2D eigenvalue weighted by molar-refractivity contribution is -0.139. The Balaban J connectivity index is 5.78. The number of hydrogen-bond acceptors (Lipinski definition) is 4.